The first-order valence-corrected chi connectivity index (χ1v) is 2.66. The largest absolute Gasteiger partial charge is 0.327 e. The van der Waals surface area contributed by atoms with Gasteiger partial charge in [0.15, 0.2) is 0 Å². The molecular weight excluding hydrogens is 133 g/mol. The molecule has 7 heavy (non-hydrogen) atoms. The van der Waals surface area contributed by atoms with Crippen LogP contribution in [0.2, 0.25) is 0 Å². The Bertz CT molecular complexity index is 28.9. The summed E-state index contributed by atoms with van der Waals surface area (Å²) in [4.78, 5) is 0. The van der Waals surface area contributed by atoms with Crippen LogP contribution in [0.5, 0.6) is 0 Å². The van der Waals surface area contributed by atoms with Crippen LogP contribution in [0.4, 0.5) is 0 Å². The van der Waals surface area contributed by atoms with E-state index in [1.807, 2.05) is 6.92 Å². The number of hydrogen-bond donors (Lipinski definition) is 1. The fourth-order valence-corrected chi connectivity index (χ4v) is 0.327. The summed E-state index contributed by atoms with van der Waals surface area (Å²) in [6.07, 6.45) is 0.976. The maximum atomic E-state index is 5.34. The Kier molecular flexibility index (Phi) is 9.82. The molecule has 0 unspecified atom stereocenters. The van der Waals surface area contributed by atoms with Crippen LogP contribution in [-0.2, 0) is 0 Å². The van der Waals surface area contributed by atoms with E-state index in [1.54, 1.807) is 0 Å². The van der Waals surface area contributed by atoms with Crippen molar-refractivity contribution in [1.29, 1.82) is 0 Å². The second-order valence-electron chi connectivity index (χ2n) is 1.32. The van der Waals surface area contributed by atoms with Gasteiger partial charge in [0.25, 0.3) is 0 Å². The molecule has 0 amide bonds. The predicted molar refractivity (Wildman–Crippen MR) is 36.2 cm³/mol. The minimum Gasteiger partial charge on any atom is -0.327 e. The highest BCUT2D eigenvalue weighted by Crippen LogP contribution is 1.86. The van der Waals surface area contributed by atoms with Crippen molar-refractivity contribution in [3.63, 3.8) is 0 Å². The molecule has 3 heteroatoms. The summed E-state index contributed by atoms with van der Waals surface area (Å²) in [7, 11) is 0. The summed E-state index contributed by atoms with van der Waals surface area (Å²) in [5, 5.41) is 0. The van der Waals surface area contributed by atoms with Crippen LogP contribution >= 0.6 is 24.0 Å². The van der Waals surface area contributed by atoms with Gasteiger partial charge in [-0.25, -0.2) is 0 Å². The molecule has 1 atom stereocenters. The standard InChI is InChI=1S/C4H10ClN.ClH/c1-2-4(6)3-5;/h4H,2-3,6H2,1H3;1H/t4-;/m0./s1. The first kappa shape index (κ1) is 10.5. The van der Waals surface area contributed by atoms with E-state index in [0.29, 0.717) is 5.88 Å². The molecule has 1 nitrogen and oxygen atoms in total. The lowest BCUT2D eigenvalue weighted by Gasteiger charge is -1.97. The van der Waals surface area contributed by atoms with Crippen molar-refractivity contribution in [2.45, 2.75) is 19.4 Å². The number of halogens is 2. The monoisotopic (exact) mass is 143 g/mol. The third kappa shape index (κ3) is 6.54. The van der Waals surface area contributed by atoms with Crippen molar-refractivity contribution in [3.8, 4) is 0 Å². The highest BCUT2D eigenvalue weighted by molar-refractivity contribution is 6.18. The highest BCUT2D eigenvalue weighted by Gasteiger charge is 1.90. The molecule has 0 rings (SSSR count). The summed E-state index contributed by atoms with van der Waals surface area (Å²) in [5.41, 5.74) is 5.34. The van der Waals surface area contributed by atoms with E-state index in [1.165, 1.54) is 0 Å². The van der Waals surface area contributed by atoms with Crippen LogP contribution in [-0.4, -0.2) is 11.9 Å². The van der Waals surface area contributed by atoms with Crippen LogP contribution in [0.25, 0.3) is 0 Å². The van der Waals surface area contributed by atoms with Crippen LogP contribution in [0, 0.1) is 0 Å². The lowest BCUT2D eigenvalue weighted by Crippen LogP contribution is -2.19. The summed E-state index contributed by atoms with van der Waals surface area (Å²) >= 11 is 5.33. The highest BCUT2D eigenvalue weighted by atomic mass is 35.5. The predicted octanol–water partition coefficient (Wildman–Crippen LogP) is 1.38. The van der Waals surface area contributed by atoms with Crippen molar-refractivity contribution in [2.24, 2.45) is 5.73 Å². The zero-order valence-electron chi connectivity index (χ0n) is 4.36. The number of hydrogen-bond acceptors (Lipinski definition) is 1. The molecule has 46 valence electrons. The molecule has 0 saturated heterocycles. The molecule has 0 aliphatic carbocycles. The van der Waals surface area contributed by atoms with Crippen molar-refractivity contribution in [2.75, 3.05) is 5.88 Å². The smallest absolute Gasteiger partial charge is 0.0375 e. The first-order valence-electron chi connectivity index (χ1n) is 2.12. The molecule has 0 radical (unpaired) electrons. The van der Waals surface area contributed by atoms with E-state index in [4.69, 9.17) is 17.3 Å². The van der Waals surface area contributed by atoms with Crippen molar-refractivity contribution in [1.82, 2.24) is 0 Å². The third-order valence-electron chi connectivity index (χ3n) is 0.723. The van der Waals surface area contributed by atoms with Gasteiger partial charge in [-0.05, 0) is 6.42 Å². The lowest BCUT2D eigenvalue weighted by atomic mass is 10.3. The molecule has 0 aromatic heterocycles. The second kappa shape index (κ2) is 6.54. The van der Waals surface area contributed by atoms with E-state index < -0.39 is 0 Å². The SMILES string of the molecule is CC[C@H](N)CCl.Cl. The summed E-state index contributed by atoms with van der Waals surface area (Å²) in [5.74, 6) is 0.580. The van der Waals surface area contributed by atoms with Gasteiger partial charge in [-0.15, -0.1) is 24.0 Å². The van der Waals surface area contributed by atoms with E-state index >= 15 is 0 Å². The Morgan fingerprint density at radius 1 is 1.71 bits per heavy atom. The molecule has 0 aromatic carbocycles. The summed E-state index contributed by atoms with van der Waals surface area (Å²) in [6.45, 7) is 2.02. The van der Waals surface area contributed by atoms with Gasteiger partial charge in [0.05, 0.1) is 0 Å². The van der Waals surface area contributed by atoms with Crippen molar-refractivity contribution < 1.29 is 0 Å². The summed E-state index contributed by atoms with van der Waals surface area (Å²) in [6, 6.07) is 0.201. The molecule has 2 N–H and O–H groups in total. The minimum absolute atomic E-state index is 0. The molecule has 0 saturated carbocycles. The fraction of sp³-hybridized carbons (Fsp3) is 1.00. The molecule has 0 heterocycles. The average molecular weight is 144 g/mol. The van der Waals surface area contributed by atoms with E-state index in [9.17, 15) is 0 Å². The van der Waals surface area contributed by atoms with Gasteiger partial charge in [0.2, 0.25) is 0 Å². The van der Waals surface area contributed by atoms with E-state index in [0.717, 1.165) is 6.42 Å². The topological polar surface area (TPSA) is 26.0 Å². The third-order valence-corrected chi connectivity index (χ3v) is 1.12. The van der Waals surface area contributed by atoms with E-state index in [2.05, 4.69) is 0 Å². The Labute approximate surface area is 55.6 Å². The first-order chi connectivity index (χ1) is 2.81. The zero-order valence-corrected chi connectivity index (χ0v) is 5.93. The quantitative estimate of drug-likeness (QED) is 0.582. The normalized spacial score (nSPS) is 12.4. The molecule has 0 aliphatic rings. The van der Waals surface area contributed by atoms with Gasteiger partial charge in [-0.2, -0.15) is 0 Å². The molecule has 0 fully saturated rings. The Balaban J connectivity index is 0. The number of rotatable bonds is 2. The van der Waals surface area contributed by atoms with Crippen molar-refractivity contribution >= 4 is 24.0 Å². The van der Waals surface area contributed by atoms with Gasteiger partial charge in [-0.1, -0.05) is 6.92 Å². The maximum absolute atomic E-state index is 5.34. The molecule has 0 bridgehead atoms. The van der Waals surface area contributed by atoms with Gasteiger partial charge < -0.3 is 5.73 Å². The minimum atomic E-state index is 0. The fourth-order valence-electron chi connectivity index (χ4n) is 0.109. The van der Waals surface area contributed by atoms with Gasteiger partial charge in [0, 0.05) is 11.9 Å². The molecular formula is C4H11Cl2N. The number of nitrogens with two attached hydrogens (primary N) is 1. The van der Waals surface area contributed by atoms with E-state index in [-0.39, 0.29) is 18.4 Å². The molecule has 0 aliphatic heterocycles. The lowest BCUT2D eigenvalue weighted by molar-refractivity contribution is 0.721. The summed E-state index contributed by atoms with van der Waals surface area (Å²) < 4.78 is 0. The van der Waals surface area contributed by atoms with Gasteiger partial charge in [-0.3, -0.25) is 0 Å². The van der Waals surface area contributed by atoms with Crippen LogP contribution in [0.3, 0.4) is 0 Å². The van der Waals surface area contributed by atoms with Crippen LogP contribution in [0.1, 0.15) is 13.3 Å². The van der Waals surface area contributed by atoms with Crippen molar-refractivity contribution in [3.05, 3.63) is 0 Å². The average Bonchev–Trinajstić information content (AvgIpc) is 1.65. The molecule has 0 spiro atoms. The zero-order chi connectivity index (χ0) is 4.99. The second-order valence-corrected chi connectivity index (χ2v) is 1.63. The Morgan fingerprint density at radius 2 is 2.14 bits per heavy atom. The van der Waals surface area contributed by atoms with Gasteiger partial charge >= 0.3 is 0 Å². The Hall–Kier alpha value is 0.540. The van der Waals surface area contributed by atoms with Crippen LogP contribution in [0.15, 0.2) is 0 Å². The van der Waals surface area contributed by atoms with Crippen LogP contribution < -0.4 is 5.73 Å². The maximum Gasteiger partial charge on any atom is 0.0375 e. The number of alkyl halides is 1. The Morgan fingerprint density at radius 3 is 2.14 bits per heavy atom. The molecule has 0 aromatic rings. The van der Waals surface area contributed by atoms with Gasteiger partial charge in [0.1, 0.15) is 0 Å².